The molecule has 1 saturated carbocycles. The number of anilines is 2. The van der Waals surface area contributed by atoms with Gasteiger partial charge in [0.05, 0.1) is 23.4 Å². The molecular formula is C37H49F3N4O4S. The van der Waals surface area contributed by atoms with Gasteiger partial charge in [-0.25, -0.2) is 0 Å². The van der Waals surface area contributed by atoms with Crippen molar-refractivity contribution in [3.63, 3.8) is 0 Å². The number of thioether (sulfide) groups is 1. The molecule has 1 spiro atoms. The lowest BCUT2D eigenvalue weighted by molar-refractivity contribution is -0.140. The zero-order valence-electron chi connectivity index (χ0n) is 28.7. The van der Waals surface area contributed by atoms with Crippen LogP contribution in [0.3, 0.4) is 0 Å². The first kappa shape index (κ1) is 38.4. The molecule has 3 aromatic rings. The highest BCUT2D eigenvalue weighted by Crippen LogP contribution is 2.34. The van der Waals surface area contributed by atoms with Gasteiger partial charge in [-0.1, -0.05) is 31.2 Å². The Kier molecular flexibility index (Phi) is 15.0. The van der Waals surface area contributed by atoms with Gasteiger partial charge >= 0.3 is 6.18 Å². The van der Waals surface area contributed by atoms with Crippen molar-refractivity contribution in [1.29, 1.82) is 0 Å². The average molecular weight is 703 g/mol. The number of rotatable bonds is 9. The van der Waals surface area contributed by atoms with Gasteiger partial charge in [-0.15, -0.1) is 11.8 Å². The molecule has 0 unspecified atom stereocenters. The van der Waals surface area contributed by atoms with Crippen LogP contribution in [-0.4, -0.2) is 83.0 Å². The van der Waals surface area contributed by atoms with Crippen LogP contribution in [-0.2, 0) is 20.8 Å². The third kappa shape index (κ3) is 11.6. The first-order chi connectivity index (χ1) is 23.7. The Bertz CT molecular complexity index is 1530. The fourth-order valence-electron chi connectivity index (χ4n) is 6.26. The molecule has 0 radical (unpaired) electrons. The van der Waals surface area contributed by atoms with Gasteiger partial charge in [-0.3, -0.25) is 4.79 Å². The van der Waals surface area contributed by atoms with Crippen LogP contribution in [0.1, 0.15) is 50.6 Å². The van der Waals surface area contributed by atoms with E-state index in [-0.39, 0.29) is 13.2 Å². The number of alkyl halides is 3. The van der Waals surface area contributed by atoms with Crippen molar-refractivity contribution in [2.45, 2.75) is 68.6 Å². The van der Waals surface area contributed by atoms with Crippen LogP contribution in [0, 0.1) is 17.3 Å². The molecule has 1 aliphatic carbocycles. The van der Waals surface area contributed by atoms with E-state index in [0.29, 0.717) is 40.4 Å². The molecule has 49 heavy (non-hydrogen) atoms. The van der Waals surface area contributed by atoms with E-state index in [4.69, 9.17) is 9.47 Å². The number of aromatic nitrogens is 1. The molecule has 12 heteroatoms. The summed E-state index contributed by atoms with van der Waals surface area (Å²) < 4.78 is 56.7. The maximum absolute atomic E-state index is 13.5. The lowest BCUT2D eigenvalue weighted by atomic mass is 9.75. The molecule has 2 saturated heterocycles. The Morgan fingerprint density at radius 2 is 1.82 bits per heavy atom. The Balaban J connectivity index is 0.000000377. The lowest BCUT2D eigenvalue weighted by Gasteiger charge is -2.45. The van der Waals surface area contributed by atoms with E-state index in [2.05, 4.69) is 32.5 Å². The SMILES string of the molecule is C1CC2(CCO1)CNC2.COC.CSc1ccc(NCC#Cc2cc3c(NC4CCCCC4)cccc3n2CC(F)(F)F)c(OCC=O)c1. The number of methoxy groups -OCH3 is 1. The molecule has 3 aliphatic rings. The van der Waals surface area contributed by atoms with Crippen LogP contribution in [0.15, 0.2) is 47.4 Å². The summed E-state index contributed by atoms with van der Waals surface area (Å²) in [6.07, 6.45) is 6.47. The van der Waals surface area contributed by atoms with Gasteiger partial charge in [0, 0.05) is 62.5 Å². The number of nitrogens with one attached hydrogen (secondary N) is 3. The van der Waals surface area contributed by atoms with Gasteiger partial charge in [0.2, 0.25) is 0 Å². The normalized spacial score (nSPS) is 16.9. The smallest absolute Gasteiger partial charge is 0.406 e. The van der Waals surface area contributed by atoms with Gasteiger partial charge in [-0.2, -0.15) is 13.2 Å². The predicted octanol–water partition coefficient (Wildman–Crippen LogP) is 7.36. The Hall–Kier alpha value is -3.37. The van der Waals surface area contributed by atoms with Gasteiger partial charge < -0.3 is 34.7 Å². The van der Waals surface area contributed by atoms with Crippen molar-refractivity contribution in [3.8, 4) is 17.6 Å². The second-order valence-corrected chi connectivity index (χ2v) is 13.4. The quantitative estimate of drug-likeness (QED) is 0.121. The van der Waals surface area contributed by atoms with Crippen LogP contribution in [0.4, 0.5) is 24.5 Å². The highest BCUT2D eigenvalue weighted by atomic mass is 32.2. The number of ether oxygens (including phenoxy) is 3. The molecule has 3 N–H and O–H groups in total. The standard InChI is InChI=1S/C28H30F3N3O2S.C7H13NO.C2H6O/c1-37-22-12-13-25(27(18-22)36-16-15-35)32-14-6-9-21-17-23-24(33-20-7-3-2-4-8-20)10-5-11-26(23)34(21)19-28(29,30)31;1-3-9-4-2-7(1)5-8-6-7;1-3-2/h5,10-13,15,17-18,20,32-33H,2-4,7-8,14,16,19H2,1H3;8H,1-6H2;1-2H3. The van der Waals surface area contributed by atoms with E-state index in [1.807, 2.05) is 30.5 Å². The van der Waals surface area contributed by atoms with E-state index >= 15 is 0 Å². The highest BCUT2D eigenvalue weighted by molar-refractivity contribution is 7.98. The fourth-order valence-corrected chi connectivity index (χ4v) is 6.69. The molecule has 2 aromatic carbocycles. The number of hydrogen-bond donors (Lipinski definition) is 3. The second kappa shape index (κ2) is 19.1. The number of benzene rings is 2. The molecule has 1 aromatic heterocycles. The van der Waals surface area contributed by atoms with E-state index < -0.39 is 12.7 Å². The van der Waals surface area contributed by atoms with Crippen molar-refractivity contribution in [1.82, 2.24) is 9.88 Å². The maximum Gasteiger partial charge on any atom is 0.406 e. The van der Waals surface area contributed by atoms with Crippen molar-refractivity contribution < 1.29 is 32.2 Å². The molecular weight excluding hydrogens is 653 g/mol. The monoisotopic (exact) mass is 702 g/mol. The number of carbonyl (C=O) groups excluding carboxylic acids is 1. The molecule has 268 valence electrons. The van der Waals surface area contributed by atoms with E-state index in [1.165, 1.54) is 36.9 Å². The maximum atomic E-state index is 13.5. The zero-order valence-corrected chi connectivity index (χ0v) is 29.5. The van der Waals surface area contributed by atoms with Crippen molar-refractivity contribution in [2.75, 3.05) is 70.6 Å². The molecule has 8 nitrogen and oxygen atoms in total. The van der Waals surface area contributed by atoms with Gasteiger partial charge in [0.1, 0.15) is 18.9 Å². The van der Waals surface area contributed by atoms with Crippen molar-refractivity contribution in [3.05, 3.63) is 48.2 Å². The fraction of sp³-hybridized carbons (Fsp3) is 0.541. The number of aldehydes is 1. The molecule has 0 bridgehead atoms. The third-order valence-corrected chi connectivity index (χ3v) is 9.61. The summed E-state index contributed by atoms with van der Waals surface area (Å²) in [6.45, 7) is 3.44. The zero-order chi connectivity index (χ0) is 35.1. The molecule has 3 heterocycles. The Morgan fingerprint density at radius 3 is 2.43 bits per heavy atom. The van der Waals surface area contributed by atoms with Crippen LogP contribution in [0.25, 0.3) is 10.9 Å². The van der Waals surface area contributed by atoms with Crippen molar-refractivity contribution in [2.24, 2.45) is 5.41 Å². The van der Waals surface area contributed by atoms with E-state index in [1.54, 1.807) is 44.2 Å². The van der Waals surface area contributed by atoms with Crippen LogP contribution in [0.2, 0.25) is 0 Å². The molecule has 0 atom stereocenters. The predicted molar refractivity (Wildman–Crippen MR) is 192 cm³/mol. The highest BCUT2D eigenvalue weighted by Gasteiger charge is 2.37. The minimum absolute atomic E-state index is 0.0764. The molecule has 2 aliphatic heterocycles. The summed E-state index contributed by atoms with van der Waals surface area (Å²) in [5.74, 6) is 6.40. The van der Waals surface area contributed by atoms with E-state index in [9.17, 15) is 18.0 Å². The minimum atomic E-state index is -4.38. The first-order valence-electron chi connectivity index (χ1n) is 16.8. The summed E-state index contributed by atoms with van der Waals surface area (Å²) in [5, 5.41) is 10.8. The molecule has 3 fully saturated rings. The van der Waals surface area contributed by atoms with E-state index in [0.717, 1.165) is 54.9 Å². The summed E-state index contributed by atoms with van der Waals surface area (Å²) in [4.78, 5) is 11.7. The number of carbonyl (C=O) groups is 1. The summed E-state index contributed by atoms with van der Waals surface area (Å²) >= 11 is 1.55. The van der Waals surface area contributed by atoms with Gasteiger partial charge in [0.25, 0.3) is 0 Å². The van der Waals surface area contributed by atoms with Gasteiger partial charge in [-0.05, 0) is 79.7 Å². The topological polar surface area (TPSA) is 85.8 Å². The average Bonchev–Trinajstić information content (AvgIpc) is 3.43. The molecule has 0 amide bonds. The lowest BCUT2D eigenvalue weighted by Crippen LogP contribution is -2.55. The number of nitrogens with zero attached hydrogens (tertiary/aromatic N) is 1. The van der Waals surface area contributed by atoms with Crippen LogP contribution >= 0.6 is 11.8 Å². The first-order valence-corrected chi connectivity index (χ1v) is 18.0. The van der Waals surface area contributed by atoms with Crippen LogP contribution < -0.4 is 20.7 Å². The summed E-state index contributed by atoms with van der Waals surface area (Å²) in [6, 6.07) is 13.1. The minimum Gasteiger partial charge on any atom is -0.484 e. The van der Waals surface area contributed by atoms with Crippen LogP contribution in [0.5, 0.6) is 5.75 Å². The second-order valence-electron chi connectivity index (χ2n) is 12.6. The number of halogens is 3. The van der Waals surface area contributed by atoms with Crippen molar-refractivity contribution >= 4 is 40.3 Å². The summed E-state index contributed by atoms with van der Waals surface area (Å²) in [7, 11) is 3.25. The number of fused-ring (bicyclic) bond motifs is 1. The Morgan fingerprint density at radius 1 is 1.08 bits per heavy atom. The van der Waals surface area contributed by atoms with Gasteiger partial charge in [0.15, 0.2) is 6.29 Å². The third-order valence-electron chi connectivity index (χ3n) is 8.88. The number of hydrogen-bond acceptors (Lipinski definition) is 8. The summed E-state index contributed by atoms with van der Waals surface area (Å²) in [5.41, 5.74) is 2.98. The largest absolute Gasteiger partial charge is 0.484 e. The molecule has 6 rings (SSSR count). The Labute approximate surface area is 292 Å².